The molecule has 0 heterocycles. The highest BCUT2D eigenvalue weighted by atomic mass is 32.2. The molecule has 1 rings (SSSR count). The van der Waals surface area contributed by atoms with Gasteiger partial charge in [-0.2, -0.15) is 0 Å². The Bertz CT molecular complexity index is 552. The molecule has 0 fully saturated rings. The average molecular weight is 298 g/mol. The predicted molar refractivity (Wildman–Crippen MR) is 81.3 cm³/mol. The number of nitrogens with one attached hydrogen (secondary N) is 1. The zero-order valence-electron chi connectivity index (χ0n) is 12.4. The summed E-state index contributed by atoms with van der Waals surface area (Å²) in [5, 5.41) is 2.69. The van der Waals surface area contributed by atoms with Crippen LogP contribution in [-0.2, 0) is 14.8 Å². The van der Waals surface area contributed by atoms with Gasteiger partial charge in [0.2, 0.25) is 15.9 Å². The van der Waals surface area contributed by atoms with Gasteiger partial charge < -0.3 is 5.32 Å². The third-order valence-corrected chi connectivity index (χ3v) is 4.15. The van der Waals surface area contributed by atoms with E-state index in [9.17, 15) is 13.2 Å². The van der Waals surface area contributed by atoms with Crippen molar-refractivity contribution in [3.8, 4) is 0 Å². The molecule has 0 bridgehead atoms. The van der Waals surface area contributed by atoms with Gasteiger partial charge in [-0.25, -0.2) is 8.42 Å². The molecule has 0 radical (unpaired) electrons. The summed E-state index contributed by atoms with van der Waals surface area (Å²) in [6, 6.07) is 6.37. The molecule has 0 spiro atoms. The highest BCUT2D eigenvalue weighted by molar-refractivity contribution is 7.92. The first kappa shape index (κ1) is 16.5. The predicted octanol–water partition coefficient (Wildman–Crippen LogP) is 1.68. The lowest BCUT2D eigenvalue weighted by molar-refractivity contribution is -0.122. The molecule has 1 aromatic carbocycles. The number of hydrogen-bond donors (Lipinski definition) is 1. The maximum atomic E-state index is 12.1. The molecule has 5 nitrogen and oxygen atoms in total. The van der Waals surface area contributed by atoms with Crippen LogP contribution in [-0.4, -0.2) is 33.2 Å². The topological polar surface area (TPSA) is 66.5 Å². The molecule has 1 atom stereocenters. The molecule has 0 saturated carbocycles. The minimum Gasteiger partial charge on any atom is -0.355 e. The van der Waals surface area contributed by atoms with Crippen LogP contribution in [0.3, 0.4) is 0 Å². The molecule has 6 heteroatoms. The number of carbonyl (C=O) groups excluding carboxylic acids is 1. The molecular formula is C14H22N2O3S. The third-order valence-electron chi connectivity index (χ3n) is 2.97. The smallest absolute Gasteiger partial charge is 0.243 e. The van der Waals surface area contributed by atoms with Crippen molar-refractivity contribution in [1.82, 2.24) is 5.32 Å². The highest BCUT2D eigenvalue weighted by Crippen LogP contribution is 2.22. The summed E-state index contributed by atoms with van der Waals surface area (Å²) >= 11 is 0. The van der Waals surface area contributed by atoms with E-state index in [4.69, 9.17) is 0 Å². The Morgan fingerprint density at radius 1 is 1.25 bits per heavy atom. The molecule has 112 valence electrons. The lowest BCUT2D eigenvalue weighted by Crippen LogP contribution is -2.49. The van der Waals surface area contributed by atoms with E-state index in [1.807, 2.05) is 19.1 Å². The van der Waals surface area contributed by atoms with Gasteiger partial charge in [0.25, 0.3) is 0 Å². The largest absolute Gasteiger partial charge is 0.355 e. The molecular weight excluding hydrogens is 276 g/mol. The minimum atomic E-state index is -3.53. The van der Waals surface area contributed by atoms with E-state index >= 15 is 0 Å². The normalized spacial score (nSPS) is 12.8. The second kappa shape index (κ2) is 6.74. The van der Waals surface area contributed by atoms with E-state index in [0.717, 1.165) is 11.8 Å². The number of sulfonamides is 1. The van der Waals surface area contributed by atoms with Crippen LogP contribution >= 0.6 is 0 Å². The molecule has 1 N–H and O–H groups in total. The molecule has 1 amide bonds. The molecule has 20 heavy (non-hydrogen) atoms. The molecule has 0 saturated heterocycles. The maximum Gasteiger partial charge on any atom is 0.243 e. The van der Waals surface area contributed by atoms with Crippen molar-refractivity contribution in [2.75, 3.05) is 17.1 Å². The van der Waals surface area contributed by atoms with E-state index in [1.54, 1.807) is 26.0 Å². The van der Waals surface area contributed by atoms with Crippen molar-refractivity contribution < 1.29 is 13.2 Å². The van der Waals surface area contributed by atoms with Crippen LogP contribution in [0.15, 0.2) is 24.3 Å². The summed E-state index contributed by atoms with van der Waals surface area (Å²) in [6.07, 6.45) is 1.53. The van der Waals surface area contributed by atoms with Crippen LogP contribution in [0.25, 0.3) is 0 Å². The van der Waals surface area contributed by atoms with Crippen molar-refractivity contribution in [2.45, 2.75) is 33.2 Å². The molecule has 0 unspecified atom stereocenters. The summed E-state index contributed by atoms with van der Waals surface area (Å²) in [7, 11) is -3.53. The summed E-state index contributed by atoms with van der Waals surface area (Å²) < 4.78 is 25.3. The molecule has 0 aromatic heterocycles. The first-order valence-corrected chi connectivity index (χ1v) is 8.49. The van der Waals surface area contributed by atoms with Gasteiger partial charge in [0.1, 0.15) is 6.04 Å². The summed E-state index contributed by atoms with van der Waals surface area (Å²) in [4.78, 5) is 12.1. The number of nitrogens with zero attached hydrogens (tertiary/aromatic N) is 1. The maximum absolute atomic E-state index is 12.1. The average Bonchev–Trinajstić information content (AvgIpc) is 2.36. The number of carbonyl (C=O) groups is 1. The molecule has 0 aliphatic carbocycles. The lowest BCUT2D eigenvalue weighted by Gasteiger charge is -2.30. The van der Waals surface area contributed by atoms with Gasteiger partial charge >= 0.3 is 0 Å². The van der Waals surface area contributed by atoms with Crippen LogP contribution in [0, 0.1) is 6.92 Å². The fraction of sp³-hybridized carbons (Fsp3) is 0.500. The second-order valence-corrected chi connectivity index (χ2v) is 6.57. The Balaban J connectivity index is 3.25. The Labute approximate surface area is 121 Å². The Morgan fingerprint density at radius 2 is 1.80 bits per heavy atom. The van der Waals surface area contributed by atoms with E-state index in [0.29, 0.717) is 18.7 Å². The van der Waals surface area contributed by atoms with Gasteiger partial charge in [0.05, 0.1) is 11.9 Å². The fourth-order valence-electron chi connectivity index (χ4n) is 2.04. The van der Waals surface area contributed by atoms with Crippen molar-refractivity contribution in [2.24, 2.45) is 0 Å². The van der Waals surface area contributed by atoms with Crippen LogP contribution < -0.4 is 9.62 Å². The third kappa shape index (κ3) is 3.96. The Kier molecular flexibility index (Phi) is 5.56. The summed E-state index contributed by atoms with van der Waals surface area (Å²) in [6.45, 7) is 6.00. The van der Waals surface area contributed by atoms with Crippen LogP contribution in [0.2, 0.25) is 0 Å². The number of hydrogen-bond acceptors (Lipinski definition) is 3. The first-order chi connectivity index (χ1) is 9.31. The van der Waals surface area contributed by atoms with Crippen molar-refractivity contribution in [1.29, 1.82) is 0 Å². The monoisotopic (exact) mass is 298 g/mol. The van der Waals surface area contributed by atoms with Crippen LogP contribution in [0.4, 0.5) is 5.69 Å². The number of amides is 1. The SMILES string of the molecule is CCNC(=O)[C@H](CC)N(c1ccc(C)cc1)S(C)(=O)=O. The van der Waals surface area contributed by atoms with Crippen LogP contribution in [0.1, 0.15) is 25.8 Å². The number of likely N-dealkylation sites (N-methyl/N-ethyl adjacent to an activating group) is 1. The van der Waals surface area contributed by atoms with Gasteiger partial charge in [0.15, 0.2) is 0 Å². The minimum absolute atomic E-state index is 0.277. The number of anilines is 1. The molecule has 0 aliphatic rings. The van der Waals surface area contributed by atoms with Gasteiger partial charge in [-0.05, 0) is 32.4 Å². The van der Waals surface area contributed by atoms with E-state index < -0.39 is 16.1 Å². The highest BCUT2D eigenvalue weighted by Gasteiger charge is 2.30. The fourth-order valence-corrected chi connectivity index (χ4v) is 3.26. The zero-order chi connectivity index (χ0) is 15.3. The second-order valence-electron chi connectivity index (χ2n) is 4.71. The summed E-state index contributed by atoms with van der Waals surface area (Å²) in [5.41, 5.74) is 1.55. The number of rotatable bonds is 6. The zero-order valence-corrected chi connectivity index (χ0v) is 13.2. The van der Waals surface area contributed by atoms with Gasteiger partial charge in [-0.3, -0.25) is 9.10 Å². The Morgan fingerprint density at radius 3 is 2.20 bits per heavy atom. The van der Waals surface area contributed by atoms with Crippen molar-refractivity contribution in [3.63, 3.8) is 0 Å². The van der Waals surface area contributed by atoms with E-state index in [-0.39, 0.29) is 5.91 Å². The number of aryl methyl sites for hydroxylation is 1. The first-order valence-electron chi connectivity index (χ1n) is 6.65. The quantitative estimate of drug-likeness (QED) is 0.869. The van der Waals surface area contributed by atoms with Crippen molar-refractivity contribution in [3.05, 3.63) is 29.8 Å². The summed E-state index contributed by atoms with van der Waals surface area (Å²) in [5.74, 6) is -0.277. The van der Waals surface area contributed by atoms with Crippen LogP contribution in [0.5, 0.6) is 0 Å². The lowest BCUT2D eigenvalue weighted by atomic mass is 10.1. The van der Waals surface area contributed by atoms with Gasteiger partial charge in [0, 0.05) is 6.54 Å². The molecule has 0 aliphatic heterocycles. The van der Waals surface area contributed by atoms with E-state index in [2.05, 4.69) is 5.32 Å². The Hall–Kier alpha value is -1.56. The van der Waals surface area contributed by atoms with E-state index in [1.165, 1.54) is 4.31 Å². The van der Waals surface area contributed by atoms with Gasteiger partial charge in [-0.15, -0.1) is 0 Å². The van der Waals surface area contributed by atoms with Crippen molar-refractivity contribution >= 4 is 21.6 Å². The van der Waals surface area contributed by atoms with Gasteiger partial charge in [-0.1, -0.05) is 24.6 Å². The number of benzene rings is 1. The molecule has 1 aromatic rings. The standard InChI is InChI=1S/C14H22N2O3S/c1-5-13(14(17)15-6-2)16(20(4,18)19)12-9-7-11(3)8-10-12/h7-10,13H,5-6H2,1-4H3,(H,15,17)/t13-/m0/s1.